The number of amides is 1. The Hall–Kier alpha value is -3.14. The highest BCUT2D eigenvalue weighted by Crippen LogP contribution is 2.19. The molecule has 0 spiro atoms. The monoisotopic (exact) mass is 326 g/mol. The highest BCUT2D eigenvalue weighted by molar-refractivity contribution is 5.98. The SMILES string of the molecule is Cc1nn(C)c(C)c1NC(=O)[C@H](C)OC(=O)c1cccc(C#N)c1. The highest BCUT2D eigenvalue weighted by atomic mass is 16.5. The number of aromatic nitrogens is 2. The van der Waals surface area contributed by atoms with Gasteiger partial charge in [0.05, 0.1) is 34.3 Å². The molecule has 0 bridgehead atoms. The lowest BCUT2D eigenvalue weighted by molar-refractivity contribution is -0.123. The number of carbonyl (C=O) groups is 2. The molecule has 1 aromatic carbocycles. The van der Waals surface area contributed by atoms with E-state index in [4.69, 9.17) is 10.00 Å². The number of hydrogen-bond donors (Lipinski definition) is 1. The maximum absolute atomic E-state index is 12.2. The van der Waals surface area contributed by atoms with Crippen LogP contribution in [0.2, 0.25) is 0 Å². The molecule has 0 unspecified atom stereocenters. The number of esters is 1. The average Bonchev–Trinajstić information content (AvgIpc) is 2.80. The molecule has 24 heavy (non-hydrogen) atoms. The topological polar surface area (TPSA) is 97.0 Å². The third-order valence-electron chi connectivity index (χ3n) is 3.64. The summed E-state index contributed by atoms with van der Waals surface area (Å²) < 4.78 is 6.83. The minimum Gasteiger partial charge on any atom is -0.449 e. The van der Waals surface area contributed by atoms with Gasteiger partial charge < -0.3 is 10.1 Å². The van der Waals surface area contributed by atoms with Gasteiger partial charge in [0, 0.05) is 7.05 Å². The number of nitrogens with zero attached hydrogens (tertiary/aromatic N) is 3. The van der Waals surface area contributed by atoms with E-state index in [0.717, 1.165) is 5.69 Å². The fourth-order valence-electron chi connectivity index (χ4n) is 2.18. The van der Waals surface area contributed by atoms with Crippen molar-refractivity contribution in [2.24, 2.45) is 7.05 Å². The second-order valence-corrected chi connectivity index (χ2v) is 5.40. The Labute approximate surface area is 139 Å². The van der Waals surface area contributed by atoms with Gasteiger partial charge in [0.25, 0.3) is 5.91 Å². The van der Waals surface area contributed by atoms with Crippen molar-refractivity contribution in [2.75, 3.05) is 5.32 Å². The normalized spacial score (nSPS) is 11.5. The third-order valence-corrected chi connectivity index (χ3v) is 3.64. The Bertz CT molecular complexity index is 833. The molecule has 124 valence electrons. The van der Waals surface area contributed by atoms with Crippen LogP contribution in [0.5, 0.6) is 0 Å². The maximum Gasteiger partial charge on any atom is 0.338 e. The fourth-order valence-corrected chi connectivity index (χ4v) is 2.18. The van der Waals surface area contributed by atoms with Crippen molar-refractivity contribution >= 4 is 17.6 Å². The number of rotatable bonds is 4. The van der Waals surface area contributed by atoms with Gasteiger partial charge in [0.2, 0.25) is 0 Å². The molecule has 0 aliphatic carbocycles. The van der Waals surface area contributed by atoms with E-state index < -0.39 is 18.0 Å². The first-order valence-corrected chi connectivity index (χ1v) is 7.35. The van der Waals surface area contributed by atoms with Gasteiger partial charge in [-0.1, -0.05) is 6.07 Å². The Morgan fingerprint density at radius 3 is 2.67 bits per heavy atom. The van der Waals surface area contributed by atoms with Crippen molar-refractivity contribution in [2.45, 2.75) is 26.9 Å². The van der Waals surface area contributed by atoms with Crippen LogP contribution in [0.25, 0.3) is 0 Å². The van der Waals surface area contributed by atoms with Crippen LogP contribution in [0.15, 0.2) is 24.3 Å². The molecule has 0 fully saturated rings. The van der Waals surface area contributed by atoms with Crippen LogP contribution in [0.4, 0.5) is 5.69 Å². The van der Waals surface area contributed by atoms with E-state index in [2.05, 4.69) is 10.4 Å². The summed E-state index contributed by atoms with van der Waals surface area (Å²) >= 11 is 0. The zero-order chi connectivity index (χ0) is 17.9. The third kappa shape index (κ3) is 3.60. The number of nitrogens with one attached hydrogen (secondary N) is 1. The van der Waals surface area contributed by atoms with Gasteiger partial charge in [0.1, 0.15) is 0 Å². The average molecular weight is 326 g/mol. The molecule has 0 saturated heterocycles. The number of aryl methyl sites for hydroxylation is 2. The smallest absolute Gasteiger partial charge is 0.338 e. The first-order chi connectivity index (χ1) is 11.3. The van der Waals surface area contributed by atoms with Crippen molar-refractivity contribution < 1.29 is 14.3 Å². The lowest BCUT2D eigenvalue weighted by Crippen LogP contribution is -2.30. The lowest BCUT2D eigenvalue weighted by Gasteiger charge is -2.14. The molecule has 1 amide bonds. The number of anilines is 1. The Kier molecular flexibility index (Phi) is 4.99. The number of benzene rings is 1. The molecule has 1 N–H and O–H groups in total. The Morgan fingerprint density at radius 2 is 2.08 bits per heavy atom. The van der Waals surface area contributed by atoms with E-state index in [1.165, 1.54) is 19.1 Å². The highest BCUT2D eigenvalue weighted by Gasteiger charge is 2.21. The van der Waals surface area contributed by atoms with Gasteiger partial charge in [-0.15, -0.1) is 0 Å². The first-order valence-electron chi connectivity index (χ1n) is 7.35. The van der Waals surface area contributed by atoms with Crippen LogP contribution in [-0.4, -0.2) is 27.8 Å². The van der Waals surface area contributed by atoms with Gasteiger partial charge in [-0.2, -0.15) is 10.4 Å². The van der Waals surface area contributed by atoms with Gasteiger partial charge in [-0.3, -0.25) is 9.48 Å². The van der Waals surface area contributed by atoms with Gasteiger partial charge in [0.15, 0.2) is 6.10 Å². The van der Waals surface area contributed by atoms with Crippen molar-refractivity contribution in [1.29, 1.82) is 5.26 Å². The molecule has 0 radical (unpaired) electrons. The summed E-state index contributed by atoms with van der Waals surface area (Å²) in [6.07, 6.45) is -0.984. The molecule has 0 aliphatic rings. The van der Waals surface area contributed by atoms with Gasteiger partial charge in [-0.25, -0.2) is 4.79 Å². The quantitative estimate of drug-likeness (QED) is 0.868. The molecule has 7 nitrogen and oxygen atoms in total. The number of ether oxygens (including phenoxy) is 1. The Balaban J connectivity index is 2.06. The van der Waals surface area contributed by atoms with Crippen LogP contribution >= 0.6 is 0 Å². The predicted molar refractivity (Wildman–Crippen MR) is 87.3 cm³/mol. The zero-order valence-corrected chi connectivity index (χ0v) is 14.0. The summed E-state index contributed by atoms with van der Waals surface area (Å²) in [5.74, 6) is -1.10. The molecule has 1 atom stereocenters. The van der Waals surface area contributed by atoms with Crippen molar-refractivity contribution in [1.82, 2.24) is 9.78 Å². The summed E-state index contributed by atoms with van der Waals surface area (Å²) in [6.45, 7) is 5.11. The van der Waals surface area contributed by atoms with Gasteiger partial charge >= 0.3 is 5.97 Å². The Morgan fingerprint density at radius 1 is 1.38 bits per heavy atom. The molecule has 0 aliphatic heterocycles. The molecule has 7 heteroatoms. The van der Waals surface area contributed by atoms with Crippen LogP contribution in [0, 0.1) is 25.2 Å². The molecular formula is C17H18N4O3. The van der Waals surface area contributed by atoms with E-state index >= 15 is 0 Å². The van der Waals surface area contributed by atoms with E-state index in [-0.39, 0.29) is 5.56 Å². The fraction of sp³-hybridized carbons (Fsp3) is 0.294. The van der Waals surface area contributed by atoms with E-state index in [0.29, 0.717) is 16.9 Å². The van der Waals surface area contributed by atoms with E-state index in [1.54, 1.807) is 30.8 Å². The molecule has 1 heterocycles. The second-order valence-electron chi connectivity index (χ2n) is 5.40. The van der Waals surface area contributed by atoms with Crippen LogP contribution in [-0.2, 0) is 16.6 Å². The minimum absolute atomic E-state index is 0.224. The minimum atomic E-state index is -0.984. The second kappa shape index (κ2) is 6.96. The molecular weight excluding hydrogens is 308 g/mol. The summed E-state index contributed by atoms with van der Waals surface area (Å²) in [4.78, 5) is 24.3. The van der Waals surface area contributed by atoms with Crippen molar-refractivity contribution in [3.8, 4) is 6.07 Å². The van der Waals surface area contributed by atoms with Crippen LogP contribution in [0.3, 0.4) is 0 Å². The largest absolute Gasteiger partial charge is 0.449 e. The molecule has 0 saturated carbocycles. The molecule has 2 aromatic rings. The lowest BCUT2D eigenvalue weighted by atomic mass is 10.1. The van der Waals surface area contributed by atoms with E-state index in [9.17, 15) is 9.59 Å². The van der Waals surface area contributed by atoms with Crippen LogP contribution in [0.1, 0.15) is 34.2 Å². The standard InChI is InChI=1S/C17H18N4O3/c1-10-15(11(2)21(4)20-10)19-16(22)12(3)24-17(23)14-7-5-6-13(8-14)9-18/h5-8,12H,1-4H3,(H,19,22)/t12-/m0/s1. The maximum atomic E-state index is 12.2. The van der Waals surface area contributed by atoms with Crippen molar-refractivity contribution in [3.05, 3.63) is 46.8 Å². The number of carbonyl (C=O) groups excluding carboxylic acids is 2. The molecule has 1 aromatic heterocycles. The number of nitriles is 1. The summed E-state index contributed by atoms with van der Waals surface area (Å²) in [5, 5.41) is 15.8. The number of hydrogen-bond acceptors (Lipinski definition) is 5. The van der Waals surface area contributed by atoms with Crippen molar-refractivity contribution in [3.63, 3.8) is 0 Å². The predicted octanol–water partition coefficient (Wildman–Crippen LogP) is 2.09. The first kappa shape index (κ1) is 17.2. The van der Waals surface area contributed by atoms with Crippen LogP contribution < -0.4 is 5.32 Å². The summed E-state index contributed by atoms with van der Waals surface area (Å²) in [6, 6.07) is 8.07. The molecule has 2 rings (SSSR count). The summed E-state index contributed by atoms with van der Waals surface area (Å²) in [5.41, 5.74) is 2.67. The zero-order valence-electron chi connectivity index (χ0n) is 14.0. The van der Waals surface area contributed by atoms with Gasteiger partial charge in [-0.05, 0) is 39.0 Å². The van der Waals surface area contributed by atoms with E-state index in [1.807, 2.05) is 13.0 Å². The summed E-state index contributed by atoms with van der Waals surface area (Å²) in [7, 11) is 1.78.